The lowest BCUT2D eigenvalue weighted by Gasteiger charge is -2.39. The minimum Gasteiger partial charge on any atom is -1.00 e. The van der Waals surface area contributed by atoms with E-state index >= 15 is 0 Å². The highest BCUT2D eigenvalue weighted by Crippen LogP contribution is 2.48. The Morgan fingerprint density at radius 1 is 0.958 bits per heavy atom. The van der Waals surface area contributed by atoms with Gasteiger partial charge in [-0.3, -0.25) is 9.59 Å². The number of carbonyl (C=O) groups excluding carboxylic acids is 1. The van der Waals surface area contributed by atoms with Gasteiger partial charge in [0.25, 0.3) is 0 Å². The van der Waals surface area contributed by atoms with Crippen LogP contribution < -0.4 is 53.0 Å². The normalized spacial score (nSPS) is 17.5. The molecule has 5 aliphatic heterocycles. The molecule has 0 aromatic heterocycles. The lowest BCUT2D eigenvalue weighted by atomic mass is 9.82. The van der Waals surface area contributed by atoms with Crippen LogP contribution in [0.4, 0.5) is 5.69 Å². The highest BCUT2D eigenvalue weighted by molar-refractivity contribution is 5.89. The number of hydrogen-bond acceptors (Lipinski definition) is 6. The summed E-state index contributed by atoms with van der Waals surface area (Å²) in [6.07, 6.45) is 9.16. The summed E-state index contributed by atoms with van der Waals surface area (Å²) in [5.74, 6) is 1.51. The van der Waals surface area contributed by atoms with E-state index < -0.39 is 12.0 Å². The molecule has 0 radical (unpaired) electrons. The largest absolute Gasteiger partial charge is 1.00 e. The number of rotatable bonds is 9. The number of nitrogens with one attached hydrogen (secondary N) is 1. The quantitative estimate of drug-likeness (QED) is 0.167. The summed E-state index contributed by atoms with van der Waals surface area (Å²) in [5, 5.41) is 14.3. The van der Waals surface area contributed by atoms with Crippen LogP contribution in [-0.2, 0) is 35.3 Å². The van der Waals surface area contributed by atoms with Crippen LogP contribution in [0, 0.1) is 0 Å². The Kier molecular flexibility index (Phi) is 9.09. The van der Waals surface area contributed by atoms with Gasteiger partial charge in [-0.1, -0.05) is 12.1 Å². The standard InChI is InChI=1S/C38H42N4O5.ClH/c39-31(38(44)45)13-14-32(43)40-15-20-46-26-11-9-23(10-12-26)33-29-21-24-5-1-16-41-18-3-7-27(34(24)41)36(29)47-37-28-8-4-19-42-17-2-6-25(35(28)42)22-30(33)37;/h9-12,21-22,31H,1-8,13-20,39H2,(H-,40,43,44,45);1H. The molecule has 0 saturated heterocycles. The zero-order chi connectivity index (χ0) is 32.1. The zero-order valence-electron chi connectivity index (χ0n) is 27.3. The topological polar surface area (TPSA) is 117 Å². The average molecular weight is 671 g/mol. The number of nitrogens with two attached hydrogens (primary N) is 1. The third-order valence-corrected chi connectivity index (χ3v) is 10.5. The van der Waals surface area contributed by atoms with Crippen LogP contribution in [0.15, 0.2) is 36.4 Å². The molecule has 3 aromatic carbocycles. The van der Waals surface area contributed by atoms with Gasteiger partial charge in [0, 0.05) is 65.5 Å². The number of ether oxygens (including phenoxy) is 2. The first-order valence-corrected chi connectivity index (χ1v) is 17.4. The maximum absolute atomic E-state index is 12.1. The highest BCUT2D eigenvalue weighted by Gasteiger charge is 2.35. The van der Waals surface area contributed by atoms with Gasteiger partial charge < -0.3 is 42.9 Å². The van der Waals surface area contributed by atoms with E-state index in [1.807, 2.05) is 12.1 Å². The summed E-state index contributed by atoms with van der Waals surface area (Å²) in [7, 11) is 0. The number of hydrogen-bond donors (Lipinski definition) is 3. The molecule has 10 heteroatoms. The number of fused-ring (bicyclic) bond motifs is 4. The average Bonchev–Trinajstić information content (AvgIpc) is 3.09. The lowest BCUT2D eigenvalue weighted by molar-refractivity contribution is -0.138. The minimum atomic E-state index is -1.10. The second-order valence-corrected chi connectivity index (χ2v) is 13.6. The Balaban J connectivity index is 0.00000364. The summed E-state index contributed by atoms with van der Waals surface area (Å²) >= 11 is 0. The van der Waals surface area contributed by atoms with Gasteiger partial charge in [0.05, 0.1) is 12.1 Å². The number of carbonyl (C=O) groups is 2. The van der Waals surface area contributed by atoms with Crippen LogP contribution in [0.2, 0.25) is 0 Å². The Morgan fingerprint density at radius 2 is 1.69 bits per heavy atom. The molecule has 1 unspecified atom stereocenters. The molecule has 5 heterocycles. The lowest BCUT2D eigenvalue weighted by Crippen LogP contribution is -3.00. The number of nitrogens with zero attached hydrogens (tertiary/aromatic N) is 2. The Hall–Kier alpha value is -4.08. The van der Waals surface area contributed by atoms with Crippen LogP contribution >= 0.6 is 0 Å². The van der Waals surface area contributed by atoms with Crippen LogP contribution in [0.5, 0.6) is 17.2 Å². The fraction of sp³-hybridized carbons (Fsp3) is 0.447. The predicted octanol–water partition coefficient (Wildman–Crippen LogP) is -0.187. The second kappa shape index (κ2) is 13.4. The molecule has 1 amide bonds. The summed E-state index contributed by atoms with van der Waals surface area (Å²) in [5.41, 5.74) is 16.2. The molecule has 1 atom stereocenters. The van der Waals surface area contributed by atoms with Gasteiger partial charge in [-0.2, -0.15) is 0 Å². The van der Waals surface area contributed by atoms with Crippen LogP contribution in [0.3, 0.4) is 0 Å². The van der Waals surface area contributed by atoms with Gasteiger partial charge >= 0.3 is 5.97 Å². The first-order valence-electron chi connectivity index (χ1n) is 17.4. The van der Waals surface area contributed by atoms with E-state index in [1.165, 1.54) is 62.5 Å². The molecular formula is C38H43ClN4O5. The molecule has 252 valence electrons. The first kappa shape index (κ1) is 32.5. The number of anilines is 1. The fourth-order valence-electron chi connectivity index (χ4n) is 8.40. The Bertz CT molecular complexity index is 1900. The number of aryl methyl sites for hydroxylation is 2. The van der Waals surface area contributed by atoms with Crippen molar-refractivity contribution in [2.45, 2.75) is 70.3 Å². The maximum atomic E-state index is 12.1. The second-order valence-electron chi connectivity index (χ2n) is 13.6. The van der Waals surface area contributed by atoms with Gasteiger partial charge in [0.2, 0.25) is 11.3 Å². The van der Waals surface area contributed by atoms with Crippen LogP contribution in [0.25, 0.3) is 5.57 Å². The number of halogens is 1. The fourth-order valence-corrected chi connectivity index (χ4v) is 8.40. The monoisotopic (exact) mass is 670 g/mol. The molecule has 0 bridgehead atoms. The van der Waals surface area contributed by atoms with Crippen molar-refractivity contribution in [3.05, 3.63) is 80.4 Å². The summed E-state index contributed by atoms with van der Waals surface area (Å²) in [6.45, 7) is 5.15. The van der Waals surface area contributed by atoms with Crippen molar-refractivity contribution in [3.63, 3.8) is 0 Å². The number of carboxylic acid groups (broad SMARTS) is 1. The third-order valence-electron chi connectivity index (χ3n) is 10.5. The SMILES string of the molecule is NC(CCC(=O)NCCOc1ccc(C2=c3cc4c5c(c3Oc3c2cc2c6c3CCCN6CCC2)CCC[N+]=5CCC4)cc1)C(=O)O.[Cl-]. The molecule has 9 nitrogen and oxygen atoms in total. The van der Waals surface area contributed by atoms with Crippen LogP contribution in [0.1, 0.15) is 71.9 Å². The van der Waals surface area contributed by atoms with E-state index in [9.17, 15) is 9.59 Å². The molecular weight excluding hydrogens is 628 g/mol. The van der Waals surface area contributed by atoms with Gasteiger partial charge in [-0.25, -0.2) is 4.58 Å². The van der Waals surface area contributed by atoms with Crippen molar-refractivity contribution < 1.29 is 36.6 Å². The van der Waals surface area contributed by atoms with Crippen molar-refractivity contribution >= 4 is 23.1 Å². The zero-order valence-corrected chi connectivity index (χ0v) is 28.0. The molecule has 0 aliphatic carbocycles. The number of amides is 1. The van der Waals surface area contributed by atoms with Crippen molar-refractivity contribution in [2.24, 2.45) is 5.73 Å². The van der Waals surface area contributed by atoms with E-state index in [0.717, 1.165) is 87.5 Å². The van der Waals surface area contributed by atoms with Gasteiger partial charge in [0.1, 0.15) is 43.0 Å². The van der Waals surface area contributed by atoms with Crippen molar-refractivity contribution in [1.82, 2.24) is 9.89 Å². The van der Waals surface area contributed by atoms with E-state index in [0.29, 0.717) is 13.2 Å². The number of aliphatic carboxylic acids is 1. The van der Waals surface area contributed by atoms with Crippen molar-refractivity contribution in [2.75, 3.05) is 44.2 Å². The molecule has 3 aromatic rings. The molecule has 0 fully saturated rings. The molecule has 4 N–H and O–H groups in total. The Morgan fingerprint density at radius 3 is 2.48 bits per heavy atom. The Labute approximate surface area is 286 Å². The molecule has 48 heavy (non-hydrogen) atoms. The first-order chi connectivity index (χ1) is 23.0. The summed E-state index contributed by atoms with van der Waals surface area (Å²) in [4.78, 5) is 25.6. The molecule has 0 saturated carbocycles. The maximum Gasteiger partial charge on any atom is 0.320 e. The van der Waals surface area contributed by atoms with Gasteiger partial charge in [0.15, 0.2) is 0 Å². The molecule has 8 rings (SSSR count). The molecule has 5 aliphatic rings. The predicted molar refractivity (Wildman–Crippen MR) is 180 cm³/mol. The van der Waals surface area contributed by atoms with E-state index in [2.05, 4.69) is 39.1 Å². The van der Waals surface area contributed by atoms with E-state index in [1.54, 1.807) is 0 Å². The van der Waals surface area contributed by atoms with E-state index in [4.69, 9.17) is 20.3 Å². The number of carboxylic acids is 1. The number of benzene rings is 3. The van der Waals surface area contributed by atoms with Gasteiger partial charge in [-0.15, -0.1) is 0 Å². The summed E-state index contributed by atoms with van der Waals surface area (Å²) in [6, 6.07) is 12.2. The van der Waals surface area contributed by atoms with E-state index in [-0.39, 0.29) is 31.2 Å². The van der Waals surface area contributed by atoms with Gasteiger partial charge in [-0.05, 0) is 80.3 Å². The third kappa shape index (κ3) is 5.81. The van der Waals surface area contributed by atoms with Crippen molar-refractivity contribution in [3.8, 4) is 17.2 Å². The minimum absolute atomic E-state index is 0. The van der Waals surface area contributed by atoms with Crippen molar-refractivity contribution in [1.29, 1.82) is 0 Å². The smallest absolute Gasteiger partial charge is 0.320 e. The molecule has 0 spiro atoms. The van der Waals surface area contributed by atoms with Crippen LogP contribution in [-0.4, -0.2) is 62.4 Å². The highest BCUT2D eigenvalue weighted by atomic mass is 35.5. The summed E-state index contributed by atoms with van der Waals surface area (Å²) < 4.78 is 15.7.